The fourth-order valence-corrected chi connectivity index (χ4v) is 1.41. The standard InChI is InChI=1S/C11H17F2NO4/c1-3-8(11(17)18)14-5-7(4-9(12)13)6(2)10(15)16/h4,6-8,14H,3,5H2,1-2H3,(H,15,16)(H,17,18)/t6-,7?,8-/m0/s1. The summed E-state index contributed by atoms with van der Waals surface area (Å²) in [6, 6.07) is -0.871. The number of carbonyl (C=O) groups is 2. The molecule has 0 aromatic heterocycles. The van der Waals surface area contributed by atoms with Crippen LogP contribution in [0.3, 0.4) is 0 Å². The second-order valence-electron chi connectivity index (χ2n) is 3.95. The van der Waals surface area contributed by atoms with Crippen molar-refractivity contribution >= 4 is 11.9 Å². The third kappa shape index (κ3) is 5.72. The molecular formula is C11H17F2NO4. The third-order valence-electron chi connectivity index (χ3n) is 2.68. The Morgan fingerprint density at radius 2 is 1.83 bits per heavy atom. The van der Waals surface area contributed by atoms with E-state index in [1.807, 2.05) is 0 Å². The molecule has 3 atom stereocenters. The zero-order chi connectivity index (χ0) is 14.3. The van der Waals surface area contributed by atoms with Crippen LogP contribution in [-0.2, 0) is 9.59 Å². The Balaban J connectivity index is 4.65. The minimum Gasteiger partial charge on any atom is -0.481 e. The summed E-state index contributed by atoms with van der Waals surface area (Å²) >= 11 is 0. The van der Waals surface area contributed by atoms with E-state index in [1.165, 1.54) is 6.92 Å². The summed E-state index contributed by atoms with van der Waals surface area (Å²) in [6.45, 7) is 2.80. The van der Waals surface area contributed by atoms with Crippen molar-refractivity contribution in [1.82, 2.24) is 5.32 Å². The molecule has 0 radical (unpaired) electrons. The summed E-state index contributed by atoms with van der Waals surface area (Å²) in [6.07, 6.45) is -1.15. The van der Waals surface area contributed by atoms with Crippen LogP contribution in [0.15, 0.2) is 12.2 Å². The molecule has 0 aliphatic rings. The SMILES string of the molecule is CC[C@H](NCC(C=C(F)F)[C@H](C)C(=O)O)C(=O)O. The van der Waals surface area contributed by atoms with Crippen molar-refractivity contribution in [3.63, 3.8) is 0 Å². The van der Waals surface area contributed by atoms with Crippen molar-refractivity contribution in [1.29, 1.82) is 0 Å². The molecular weight excluding hydrogens is 248 g/mol. The molecule has 18 heavy (non-hydrogen) atoms. The van der Waals surface area contributed by atoms with E-state index in [-0.39, 0.29) is 13.0 Å². The molecule has 0 bridgehead atoms. The molecule has 0 fully saturated rings. The number of carboxylic acids is 2. The molecule has 0 aromatic carbocycles. The van der Waals surface area contributed by atoms with Gasteiger partial charge in [-0.3, -0.25) is 9.59 Å². The van der Waals surface area contributed by atoms with Crippen LogP contribution in [0.25, 0.3) is 0 Å². The summed E-state index contributed by atoms with van der Waals surface area (Å²) in [7, 11) is 0. The van der Waals surface area contributed by atoms with Gasteiger partial charge in [-0.2, -0.15) is 8.78 Å². The zero-order valence-corrected chi connectivity index (χ0v) is 10.2. The van der Waals surface area contributed by atoms with E-state index in [0.717, 1.165) is 0 Å². The van der Waals surface area contributed by atoms with Crippen LogP contribution in [0.1, 0.15) is 20.3 Å². The van der Waals surface area contributed by atoms with Crippen LogP contribution in [0.2, 0.25) is 0 Å². The van der Waals surface area contributed by atoms with Crippen molar-refractivity contribution in [2.45, 2.75) is 26.3 Å². The molecule has 104 valence electrons. The lowest BCUT2D eigenvalue weighted by Crippen LogP contribution is -2.40. The topological polar surface area (TPSA) is 86.6 Å². The molecule has 0 amide bonds. The van der Waals surface area contributed by atoms with Crippen molar-refractivity contribution < 1.29 is 28.6 Å². The van der Waals surface area contributed by atoms with Gasteiger partial charge >= 0.3 is 11.9 Å². The Hall–Kier alpha value is -1.50. The van der Waals surface area contributed by atoms with Crippen LogP contribution in [0.4, 0.5) is 8.78 Å². The quantitative estimate of drug-likeness (QED) is 0.620. The number of halogens is 2. The van der Waals surface area contributed by atoms with Gasteiger partial charge in [-0.15, -0.1) is 0 Å². The molecule has 0 saturated carbocycles. The normalized spacial score (nSPS) is 15.6. The smallest absolute Gasteiger partial charge is 0.320 e. The highest BCUT2D eigenvalue weighted by Gasteiger charge is 2.24. The van der Waals surface area contributed by atoms with E-state index < -0.39 is 35.9 Å². The van der Waals surface area contributed by atoms with E-state index in [4.69, 9.17) is 10.2 Å². The third-order valence-corrected chi connectivity index (χ3v) is 2.68. The molecule has 0 aromatic rings. The van der Waals surface area contributed by atoms with E-state index in [9.17, 15) is 18.4 Å². The maximum Gasteiger partial charge on any atom is 0.320 e. The van der Waals surface area contributed by atoms with Crippen molar-refractivity contribution in [2.75, 3.05) is 6.54 Å². The number of hydrogen-bond acceptors (Lipinski definition) is 3. The molecule has 0 saturated heterocycles. The van der Waals surface area contributed by atoms with Gasteiger partial charge < -0.3 is 15.5 Å². The van der Waals surface area contributed by atoms with E-state index in [2.05, 4.69) is 5.32 Å². The molecule has 0 heterocycles. The summed E-state index contributed by atoms with van der Waals surface area (Å²) in [5.74, 6) is -4.28. The second kappa shape index (κ2) is 7.75. The van der Waals surface area contributed by atoms with Gasteiger partial charge in [0.2, 0.25) is 0 Å². The maximum absolute atomic E-state index is 12.2. The minimum absolute atomic E-state index is 0.129. The molecule has 3 N–H and O–H groups in total. The Morgan fingerprint density at radius 1 is 1.28 bits per heavy atom. The van der Waals surface area contributed by atoms with Crippen LogP contribution < -0.4 is 5.32 Å². The summed E-state index contributed by atoms with van der Waals surface area (Å²) in [5.41, 5.74) is 0. The Kier molecular flexibility index (Phi) is 7.11. The Bertz CT molecular complexity index is 329. The first kappa shape index (κ1) is 16.5. The molecule has 5 nitrogen and oxygen atoms in total. The summed E-state index contributed by atoms with van der Waals surface area (Å²) in [5, 5.41) is 20.1. The van der Waals surface area contributed by atoms with Crippen molar-refractivity contribution in [3.05, 3.63) is 12.2 Å². The fourth-order valence-electron chi connectivity index (χ4n) is 1.41. The molecule has 0 aliphatic heterocycles. The molecule has 0 rings (SSSR count). The average molecular weight is 265 g/mol. The fraction of sp³-hybridized carbons (Fsp3) is 0.636. The largest absolute Gasteiger partial charge is 0.481 e. The first-order valence-corrected chi connectivity index (χ1v) is 5.51. The first-order valence-electron chi connectivity index (χ1n) is 5.51. The predicted molar refractivity (Wildman–Crippen MR) is 60.3 cm³/mol. The lowest BCUT2D eigenvalue weighted by atomic mass is 9.93. The summed E-state index contributed by atoms with van der Waals surface area (Å²) < 4.78 is 24.4. The van der Waals surface area contributed by atoms with Gasteiger partial charge in [0, 0.05) is 12.5 Å². The van der Waals surface area contributed by atoms with Gasteiger partial charge in [0.05, 0.1) is 5.92 Å². The zero-order valence-electron chi connectivity index (χ0n) is 10.2. The molecule has 0 aliphatic carbocycles. The predicted octanol–water partition coefficient (Wildman–Crippen LogP) is 1.56. The van der Waals surface area contributed by atoms with Gasteiger partial charge in [0.1, 0.15) is 6.04 Å². The van der Waals surface area contributed by atoms with Crippen LogP contribution in [-0.4, -0.2) is 34.7 Å². The maximum atomic E-state index is 12.2. The van der Waals surface area contributed by atoms with E-state index in [1.54, 1.807) is 6.92 Å². The number of nitrogens with one attached hydrogen (secondary N) is 1. The van der Waals surface area contributed by atoms with E-state index in [0.29, 0.717) is 6.08 Å². The lowest BCUT2D eigenvalue weighted by molar-refractivity contribution is -0.142. The van der Waals surface area contributed by atoms with Gasteiger partial charge in [0.15, 0.2) is 0 Å². The van der Waals surface area contributed by atoms with Gasteiger partial charge in [0.25, 0.3) is 6.08 Å². The molecule has 7 heteroatoms. The molecule has 0 spiro atoms. The van der Waals surface area contributed by atoms with Crippen molar-refractivity contribution in [2.24, 2.45) is 11.8 Å². The second-order valence-corrected chi connectivity index (χ2v) is 3.95. The van der Waals surface area contributed by atoms with Crippen LogP contribution in [0.5, 0.6) is 0 Å². The van der Waals surface area contributed by atoms with Crippen molar-refractivity contribution in [3.8, 4) is 0 Å². The summed E-state index contributed by atoms with van der Waals surface area (Å²) in [4.78, 5) is 21.5. The van der Waals surface area contributed by atoms with E-state index >= 15 is 0 Å². The Labute approximate surface area is 103 Å². The first-order chi connectivity index (χ1) is 8.29. The lowest BCUT2D eigenvalue weighted by Gasteiger charge is -2.20. The monoisotopic (exact) mass is 265 g/mol. The number of aliphatic carboxylic acids is 2. The number of hydrogen-bond donors (Lipinski definition) is 3. The van der Waals surface area contributed by atoms with Gasteiger partial charge in [-0.25, -0.2) is 0 Å². The van der Waals surface area contributed by atoms with Gasteiger partial charge in [-0.05, 0) is 12.5 Å². The average Bonchev–Trinajstić information content (AvgIpc) is 2.26. The van der Waals surface area contributed by atoms with Crippen LogP contribution >= 0.6 is 0 Å². The van der Waals surface area contributed by atoms with Gasteiger partial charge in [-0.1, -0.05) is 13.8 Å². The van der Waals surface area contributed by atoms with Crippen LogP contribution in [0, 0.1) is 11.8 Å². The minimum atomic E-state index is -1.97. The highest BCUT2D eigenvalue weighted by molar-refractivity contribution is 5.73. The highest BCUT2D eigenvalue weighted by atomic mass is 19.3. The molecule has 1 unspecified atom stereocenters. The Morgan fingerprint density at radius 3 is 2.17 bits per heavy atom. The number of carboxylic acid groups (broad SMARTS) is 2. The highest BCUT2D eigenvalue weighted by Crippen LogP contribution is 2.16. The number of rotatable bonds is 8.